The maximum atomic E-state index is 12.4. The highest BCUT2D eigenvalue weighted by molar-refractivity contribution is 8.00. The van der Waals surface area contributed by atoms with Gasteiger partial charge in [-0.2, -0.15) is 0 Å². The Labute approximate surface area is 189 Å². The van der Waals surface area contributed by atoms with Crippen LogP contribution in [-0.4, -0.2) is 55.7 Å². The monoisotopic (exact) mass is 488 g/mol. The van der Waals surface area contributed by atoms with Crippen molar-refractivity contribution in [3.8, 4) is 0 Å². The third-order valence-electron chi connectivity index (χ3n) is 4.16. The van der Waals surface area contributed by atoms with Crippen molar-refractivity contribution in [3.05, 3.63) is 45.2 Å². The lowest BCUT2D eigenvalue weighted by Gasteiger charge is -2.43. The summed E-state index contributed by atoms with van der Waals surface area (Å²) in [4.78, 5) is 48.0. The Hall–Kier alpha value is -2.14. The summed E-state index contributed by atoms with van der Waals surface area (Å²) in [6.07, 6.45) is 2.53. The van der Waals surface area contributed by atoms with Gasteiger partial charge in [-0.15, -0.1) is 23.5 Å². The van der Waals surface area contributed by atoms with Crippen molar-refractivity contribution in [3.63, 3.8) is 0 Å². The third kappa shape index (κ3) is 4.94. The Morgan fingerprint density at radius 2 is 2.00 bits per heavy atom. The minimum atomic E-state index is -1.27. The molecule has 3 N–H and O–H groups in total. The molecule has 1 atom stereocenters. The molecule has 0 saturated carbocycles. The zero-order valence-corrected chi connectivity index (χ0v) is 18.2. The van der Waals surface area contributed by atoms with Gasteiger partial charge in [-0.1, -0.05) is 23.2 Å². The van der Waals surface area contributed by atoms with Gasteiger partial charge in [-0.05, 0) is 23.8 Å². The Balaban J connectivity index is 1.68. The van der Waals surface area contributed by atoms with Gasteiger partial charge in [0, 0.05) is 21.7 Å². The van der Waals surface area contributed by atoms with Gasteiger partial charge < -0.3 is 15.5 Å². The van der Waals surface area contributed by atoms with Gasteiger partial charge in [0.25, 0.3) is 0 Å². The van der Waals surface area contributed by atoms with E-state index in [4.69, 9.17) is 28.3 Å². The number of nitrogens with zero attached hydrogens (tertiary/aromatic N) is 1. The predicted molar refractivity (Wildman–Crippen MR) is 114 cm³/mol. The number of aliphatic carboxylic acids is 2. The number of hydrogen-bond donors (Lipinski definition) is 3. The van der Waals surface area contributed by atoms with Gasteiger partial charge in [-0.3, -0.25) is 14.5 Å². The van der Waals surface area contributed by atoms with Crippen molar-refractivity contribution in [1.82, 2.24) is 10.2 Å². The number of carboxylic acids is 2. The Morgan fingerprint density at radius 3 is 2.63 bits per heavy atom. The smallest absolute Gasteiger partial charge is 0.354 e. The van der Waals surface area contributed by atoms with Crippen LogP contribution >= 0.6 is 46.7 Å². The van der Waals surface area contributed by atoms with Crippen molar-refractivity contribution in [2.75, 3.05) is 11.5 Å². The largest absolute Gasteiger partial charge is 0.478 e. The number of rotatable bonds is 7. The number of thioether (sulfide) groups is 2. The highest BCUT2D eigenvalue weighted by Crippen LogP contribution is 2.39. The van der Waals surface area contributed by atoms with E-state index in [1.165, 1.54) is 34.9 Å². The molecular weight excluding hydrogens is 475 g/mol. The summed E-state index contributed by atoms with van der Waals surface area (Å²) < 4.78 is 0. The summed E-state index contributed by atoms with van der Waals surface area (Å²) in [6.45, 7) is 0. The molecule has 0 radical (unpaired) electrons. The van der Waals surface area contributed by atoms with E-state index >= 15 is 0 Å². The van der Waals surface area contributed by atoms with Crippen LogP contribution in [0.1, 0.15) is 12.0 Å². The average Bonchev–Trinajstić information content (AvgIpc) is 2.66. The lowest BCUT2D eigenvalue weighted by molar-refractivity contribution is -0.146. The van der Waals surface area contributed by atoms with Crippen molar-refractivity contribution in [2.45, 2.75) is 16.7 Å². The van der Waals surface area contributed by atoms with Crippen LogP contribution in [0, 0.1) is 0 Å². The molecular formula is C18H14Cl2N2O6S2. The number of carboxylic acid groups (broad SMARTS) is 2. The minimum absolute atomic E-state index is 0.0706. The second-order valence-corrected chi connectivity index (χ2v) is 9.18. The number of carbonyl (C=O) groups excluding carboxylic acids is 2. The summed E-state index contributed by atoms with van der Waals surface area (Å²) in [5.41, 5.74) is 0.409. The van der Waals surface area contributed by atoms with Gasteiger partial charge in [0.15, 0.2) is 5.70 Å². The number of nitrogens with one attached hydrogen (secondary N) is 1. The highest BCUT2D eigenvalue weighted by atomic mass is 35.5. The van der Waals surface area contributed by atoms with Crippen LogP contribution in [0.2, 0.25) is 10.0 Å². The molecule has 2 amide bonds. The zero-order valence-electron chi connectivity index (χ0n) is 15.1. The molecule has 2 aliphatic heterocycles. The van der Waals surface area contributed by atoms with Gasteiger partial charge in [0.2, 0.25) is 11.8 Å². The molecule has 0 bridgehead atoms. The van der Waals surface area contributed by atoms with Crippen LogP contribution < -0.4 is 5.32 Å². The average molecular weight is 489 g/mol. The van der Waals surface area contributed by atoms with Gasteiger partial charge in [0.1, 0.15) is 0 Å². The second kappa shape index (κ2) is 9.34. The molecule has 12 heteroatoms. The normalized spacial score (nSPS) is 18.3. The first-order chi connectivity index (χ1) is 14.2. The van der Waals surface area contributed by atoms with E-state index in [-0.39, 0.29) is 50.6 Å². The van der Waals surface area contributed by atoms with Crippen LogP contribution in [0.15, 0.2) is 34.5 Å². The lowest BCUT2D eigenvalue weighted by Crippen LogP contribution is -2.55. The summed E-state index contributed by atoms with van der Waals surface area (Å²) in [5, 5.41) is 21.1. The molecule has 30 heavy (non-hydrogen) atoms. The molecule has 158 valence electrons. The zero-order chi connectivity index (χ0) is 22.0. The fourth-order valence-corrected chi connectivity index (χ4v) is 5.39. The van der Waals surface area contributed by atoms with Gasteiger partial charge in [-0.25, -0.2) is 9.59 Å². The third-order valence-corrected chi connectivity index (χ3v) is 7.19. The molecule has 1 aromatic carbocycles. The van der Waals surface area contributed by atoms with Crippen LogP contribution in [0.3, 0.4) is 0 Å². The number of carbonyl (C=O) groups is 4. The number of halogens is 2. The molecule has 1 aromatic rings. The molecule has 0 aromatic heterocycles. The van der Waals surface area contributed by atoms with Crippen LogP contribution in [0.25, 0.3) is 6.08 Å². The fourth-order valence-electron chi connectivity index (χ4n) is 2.80. The molecule has 1 fully saturated rings. The number of fused-ring (bicyclic) bond motifs is 1. The molecule has 2 heterocycles. The molecule has 2 aliphatic rings. The van der Waals surface area contributed by atoms with E-state index in [0.29, 0.717) is 10.5 Å². The van der Waals surface area contributed by atoms with Crippen molar-refractivity contribution >= 4 is 76.6 Å². The van der Waals surface area contributed by atoms with Crippen molar-refractivity contribution in [1.29, 1.82) is 0 Å². The predicted octanol–water partition coefficient (Wildman–Crippen LogP) is 2.90. The standard InChI is InChI=1S/C18H14Cl2N2O6S2/c19-9-4-12(10(20)3-8(9)1-2-16(25)26)29-7-13(23)21-11-6-30-15-5-14(24)22(15)17(11)18(27)28/h1-4,15H,5-7H2,(H,21,23)(H,25,26)(H,27,28)/b2-1+. The number of benzene rings is 1. The SMILES string of the molecule is O=C(O)/C=C/c1cc(Cl)c(SCC(=O)NC2=C(C(=O)O)N3C(=O)CC3SC2)cc1Cl. The maximum Gasteiger partial charge on any atom is 0.354 e. The summed E-state index contributed by atoms with van der Waals surface area (Å²) in [7, 11) is 0. The first kappa shape index (κ1) is 22.5. The van der Waals surface area contributed by atoms with E-state index in [1.807, 2.05) is 0 Å². The number of β-lactam (4-membered cyclic amide) rings is 1. The van der Waals surface area contributed by atoms with Crippen molar-refractivity contribution in [2.24, 2.45) is 0 Å². The molecule has 0 aliphatic carbocycles. The van der Waals surface area contributed by atoms with Gasteiger partial charge in [0.05, 0.1) is 28.3 Å². The molecule has 1 saturated heterocycles. The van der Waals surface area contributed by atoms with E-state index in [1.54, 1.807) is 0 Å². The number of hydrogen-bond acceptors (Lipinski definition) is 6. The Kier molecular flexibility index (Phi) is 7.02. The van der Waals surface area contributed by atoms with E-state index in [2.05, 4.69) is 5.32 Å². The topological polar surface area (TPSA) is 124 Å². The highest BCUT2D eigenvalue weighted by Gasteiger charge is 2.45. The number of amides is 2. The fraction of sp³-hybridized carbons (Fsp3) is 0.222. The minimum Gasteiger partial charge on any atom is -0.478 e. The maximum absolute atomic E-state index is 12.4. The molecule has 3 rings (SSSR count). The van der Waals surface area contributed by atoms with Gasteiger partial charge >= 0.3 is 11.9 Å². The first-order valence-electron chi connectivity index (χ1n) is 8.40. The second-order valence-electron chi connectivity index (χ2n) is 6.18. The first-order valence-corrected chi connectivity index (χ1v) is 11.2. The Bertz CT molecular complexity index is 1010. The summed E-state index contributed by atoms with van der Waals surface area (Å²) in [5.74, 6) is -2.93. The quantitative estimate of drug-likeness (QED) is 0.304. The van der Waals surface area contributed by atoms with Crippen LogP contribution in [-0.2, 0) is 19.2 Å². The molecule has 0 spiro atoms. The van der Waals surface area contributed by atoms with Crippen LogP contribution in [0.4, 0.5) is 0 Å². The van der Waals surface area contributed by atoms with E-state index < -0.39 is 17.8 Å². The van der Waals surface area contributed by atoms with Crippen molar-refractivity contribution < 1.29 is 29.4 Å². The molecule has 1 unspecified atom stereocenters. The lowest BCUT2D eigenvalue weighted by atomic mass is 10.1. The summed E-state index contributed by atoms with van der Waals surface area (Å²) in [6, 6.07) is 3.01. The summed E-state index contributed by atoms with van der Waals surface area (Å²) >= 11 is 14.8. The molecule has 8 nitrogen and oxygen atoms in total. The Morgan fingerprint density at radius 1 is 1.27 bits per heavy atom. The van der Waals surface area contributed by atoms with E-state index in [0.717, 1.165) is 17.8 Å². The van der Waals surface area contributed by atoms with Crippen LogP contribution in [0.5, 0.6) is 0 Å². The van der Waals surface area contributed by atoms with E-state index in [9.17, 15) is 24.3 Å².